The van der Waals surface area contributed by atoms with Gasteiger partial charge in [-0.1, -0.05) is 0 Å². The molecule has 4 heteroatoms. The molecule has 0 aliphatic heterocycles. The predicted molar refractivity (Wildman–Crippen MR) is 43.8 cm³/mol. The number of aliphatic hydroxyl groups is 1. The highest BCUT2D eigenvalue weighted by atomic mass is 16.4. The lowest BCUT2D eigenvalue weighted by Gasteiger charge is -2.31. The summed E-state index contributed by atoms with van der Waals surface area (Å²) >= 11 is 0. The minimum absolute atomic E-state index is 0.156. The fourth-order valence-electron chi connectivity index (χ4n) is 1.30. The third-order valence-electron chi connectivity index (χ3n) is 2.29. The van der Waals surface area contributed by atoms with Gasteiger partial charge in [0, 0.05) is 0 Å². The van der Waals surface area contributed by atoms with Crippen molar-refractivity contribution < 1.29 is 15.0 Å². The van der Waals surface area contributed by atoms with Crippen LogP contribution < -0.4 is 5.32 Å². The van der Waals surface area contributed by atoms with Gasteiger partial charge < -0.3 is 15.5 Å². The molecule has 4 nitrogen and oxygen atoms in total. The fraction of sp³-hybridized carbons (Fsp3) is 0.875. The molecule has 1 atom stereocenters. The van der Waals surface area contributed by atoms with E-state index >= 15 is 0 Å². The molecule has 1 unspecified atom stereocenters. The van der Waals surface area contributed by atoms with Gasteiger partial charge >= 0.3 is 5.97 Å². The van der Waals surface area contributed by atoms with Crippen LogP contribution in [0.4, 0.5) is 0 Å². The van der Waals surface area contributed by atoms with Crippen LogP contribution in [0, 0.1) is 5.92 Å². The van der Waals surface area contributed by atoms with Crippen LogP contribution in [0.3, 0.4) is 0 Å². The molecule has 0 heterocycles. The van der Waals surface area contributed by atoms with Gasteiger partial charge in [0.05, 0.1) is 6.10 Å². The Balaban J connectivity index is 2.06. The topological polar surface area (TPSA) is 69.6 Å². The van der Waals surface area contributed by atoms with Crippen LogP contribution in [0.1, 0.15) is 19.8 Å². The van der Waals surface area contributed by atoms with Crippen LogP contribution >= 0.6 is 0 Å². The number of aliphatic hydroxyl groups excluding tert-OH is 1. The average Bonchev–Trinajstić information content (AvgIpc) is 1.95. The van der Waals surface area contributed by atoms with E-state index in [1.165, 1.54) is 0 Å². The molecule has 1 saturated carbocycles. The quantitative estimate of drug-likeness (QED) is 0.551. The van der Waals surface area contributed by atoms with Crippen molar-refractivity contribution >= 4 is 5.97 Å². The minimum Gasteiger partial charge on any atom is -0.480 e. The summed E-state index contributed by atoms with van der Waals surface area (Å²) in [5.41, 5.74) is 0. The highest BCUT2D eigenvalue weighted by Gasteiger charge is 2.27. The third kappa shape index (κ3) is 2.46. The average molecular weight is 173 g/mol. The standard InChI is InChI=1S/C8H15NO3/c1-5(8(11)12)9-4-6-2-7(10)3-6/h5-7,9-10H,2-4H2,1H3,(H,11,12). The van der Waals surface area contributed by atoms with E-state index in [-0.39, 0.29) is 6.10 Å². The molecule has 12 heavy (non-hydrogen) atoms. The largest absolute Gasteiger partial charge is 0.480 e. The second-order valence-electron chi connectivity index (χ2n) is 3.46. The Morgan fingerprint density at radius 3 is 2.67 bits per heavy atom. The molecule has 1 fully saturated rings. The van der Waals surface area contributed by atoms with E-state index in [2.05, 4.69) is 5.32 Å². The van der Waals surface area contributed by atoms with Gasteiger partial charge in [0.1, 0.15) is 6.04 Å². The predicted octanol–water partition coefficient (Wildman–Crippen LogP) is -0.180. The summed E-state index contributed by atoms with van der Waals surface area (Å²) in [7, 11) is 0. The Morgan fingerprint density at radius 1 is 1.67 bits per heavy atom. The van der Waals surface area contributed by atoms with Gasteiger partial charge in [-0.3, -0.25) is 4.79 Å². The summed E-state index contributed by atoms with van der Waals surface area (Å²) < 4.78 is 0. The van der Waals surface area contributed by atoms with Crippen molar-refractivity contribution in [2.24, 2.45) is 5.92 Å². The molecular weight excluding hydrogens is 158 g/mol. The van der Waals surface area contributed by atoms with Gasteiger partial charge in [0.15, 0.2) is 0 Å². The Morgan fingerprint density at radius 2 is 2.25 bits per heavy atom. The molecule has 0 bridgehead atoms. The van der Waals surface area contributed by atoms with Crippen molar-refractivity contribution in [2.75, 3.05) is 6.54 Å². The summed E-state index contributed by atoms with van der Waals surface area (Å²) in [5.74, 6) is -0.364. The number of carboxylic acid groups (broad SMARTS) is 1. The smallest absolute Gasteiger partial charge is 0.320 e. The van der Waals surface area contributed by atoms with Crippen molar-refractivity contribution in [3.05, 3.63) is 0 Å². The Hall–Kier alpha value is -0.610. The van der Waals surface area contributed by atoms with Gasteiger partial charge in [-0.15, -0.1) is 0 Å². The number of carboxylic acids is 1. The second kappa shape index (κ2) is 3.87. The summed E-state index contributed by atoms with van der Waals surface area (Å²) in [4.78, 5) is 10.4. The van der Waals surface area contributed by atoms with E-state index in [1.54, 1.807) is 6.92 Å². The lowest BCUT2D eigenvalue weighted by molar-refractivity contribution is -0.139. The zero-order chi connectivity index (χ0) is 9.14. The highest BCUT2D eigenvalue weighted by molar-refractivity contribution is 5.72. The Bertz CT molecular complexity index is 166. The van der Waals surface area contributed by atoms with Crippen LogP contribution in [0.15, 0.2) is 0 Å². The van der Waals surface area contributed by atoms with Crippen molar-refractivity contribution in [2.45, 2.75) is 31.9 Å². The Kier molecular flexibility index (Phi) is 3.05. The van der Waals surface area contributed by atoms with E-state index < -0.39 is 12.0 Å². The molecule has 0 spiro atoms. The van der Waals surface area contributed by atoms with Gasteiger partial charge in [0.2, 0.25) is 0 Å². The lowest BCUT2D eigenvalue weighted by atomic mass is 9.82. The lowest BCUT2D eigenvalue weighted by Crippen LogP contribution is -2.42. The van der Waals surface area contributed by atoms with Gasteiger partial charge in [0.25, 0.3) is 0 Å². The number of hydrogen-bond donors (Lipinski definition) is 3. The first-order chi connectivity index (χ1) is 5.59. The van der Waals surface area contributed by atoms with E-state index in [1.807, 2.05) is 0 Å². The van der Waals surface area contributed by atoms with Crippen LogP contribution in [-0.2, 0) is 4.79 Å². The first-order valence-electron chi connectivity index (χ1n) is 4.24. The fourth-order valence-corrected chi connectivity index (χ4v) is 1.30. The van der Waals surface area contributed by atoms with Crippen molar-refractivity contribution in [3.63, 3.8) is 0 Å². The van der Waals surface area contributed by atoms with E-state index in [0.29, 0.717) is 12.5 Å². The van der Waals surface area contributed by atoms with Crippen LogP contribution in [0.25, 0.3) is 0 Å². The molecule has 0 aromatic carbocycles. The second-order valence-corrected chi connectivity index (χ2v) is 3.46. The van der Waals surface area contributed by atoms with Crippen molar-refractivity contribution in [3.8, 4) is 0 Å². The molecule has 0 aromatic rings. The maximum Gasteiger partial charge on any atom is 0.320 e. The molecule has 0 saturated heterocycles. The van der Waals surface area contributed by atoms with Crippen LogP contribution in [-0.4, -0.2) is 34.9 Å². The summed E-state index contributed by atoms with van der Waals surface area (Å²) in [6.07, 6.45) is 1.45. The molecule has 1 rings (SSSR count). The van der Waals surface area contributed by atoms with E-state index in [4.69, 9.17) is 10.2 Å². The van der Waals surface area contributed by atoms with Crippen molar-refractivity contribution in [1.29, 1.82) is 0 Å². The molecule has 0 radical (unpaired) electrons. The van der Waals surface area contributed by atoms with E-state index in [9.17, 15) is 4.79 Å². The maximum absolute atomic E-state index is 10.4. The third-order valence-corrected chi connectivity index (χ3v) is 2.29. The minimum atomic E-state index is -0.824. The summed E-state index contributed by atoms with van der Waals surface area (Å²) in [6, 6.07) is -0.484. The number of rotatable bonds is 4. The zero-order valence-electron chi connectivity index (χ0n) is 7.16. The molecule has 0 amide bonds. The molecule has 1 aliphatic rings. The zero-order valence-corrected chi connectivity index (χ0v) is 7.16. The summed E-state index contributed by atoms with van der Waals surface area (Å²) in [6.45, 7) is 2.32. The van der Waals surface area contributed by atoms with Gasteiger partial charge in [-0.05, 0) is 32.2 Å². The number of nitrogens with one attached hydrogen (secondary N) is 1. The molecule has 70 valence electrons. The van der Waals surface area contributed by atoms with Gasteiger partial charge in [-0.25, -0.2) is 0 Å². The van der Waals surface area contributed by atoms with Crippen LogP contribution in [0.5, 0.6) is 0 Å². The highest BCUT2D eigenvalue weighted by Crippen LogP contribution is 2.26. The number of aliphatic carboxylic acids is 1. The van der Waals surface area contributed by atoms with E-state index in [0.717, 1.165) is 12.8 Å². The molecule has 0 aromatic heterocycles. The van der Waals surface area contributed by atoms with Crippen molar-refractivity contribution in [1.82, 2.24) is 5.32 Å². The number of carbonyl (C=O) groups is 1. The molecule has 1 aliphatic carbocycles. The molecule has 3 N–H and O–H groups in total. The van der Waals surface area contributed by atoms with Gasteiger partial charge in [-0.2, -0.15) is 0 Å². The monoisotopic (exact) mass is 173 g/mol. The first-order valence-corrected chi connectivity index (χ1v) is 4.24. The van der Waals surface area contributed by atoms with Crippen LogP contribution in [0.2, 0.25) is 0 Å². The Labute approximate surface area is 71.6 Å². The first kappa shape index (κ1) is 9.48. The SMILES string of the molecule is CC(NCC1CC(O)C1)C(=O)O. The molecular formula is C8H15NO3. The summed E-state index contributed by atoms with van der Waals surface area (Å²) in [5, 5.41) is 20.4. The number of hydrogen-bond acceptors (Lipinski definition) is 3. The normalized spacial score (nSPS) is 30.8. The maximum atomic E-state index is 10.4.